The number of halogens is 5. The molecule has 0 saturated heterocycles. The largest absolute Gasteiger partial charge is 0.412 e. The van der Waals surface area contributed by atoms with Gasteiger partial charge in [0.25, 0.3) is 0 Å². The lowest BCUT2D eigenvalue weighted by atomic mass is 10.0. The summed E-state index contributed by atoms with van der Waals surface area (Å²) in [4.78, 5) is 4.42. The van der Waals surface area contributed by atoms with Crippen LogP contribution in [0.3, 0.4) is 0 Å². The number of rotatable bonds is 8. The van der Waals surface area contributed by atoms with Crippen LogP contribution in [-0.4, -0.2) is 26.2 Å². The van der Waals surface area contributed by atoms with E-state index in [0.717, 1.165) is 0 Å². The van der Waals surface area contributed by atoms with E-state index < -0.39 is 24.1 Å². The number of nitriles is 1. The Kier molecular flexibility index (Phi) is 8.00. The average Bonchev–Trinajstić information content (AvgIpc) is 3.45. The quantitative estimate of drug-likeness (QED) is 0.177. The molecular formula is C30H24ClF4N7. The van der Waals surface area contributed by atoms with Crippen molar-refractivity contribution in [2.45, 2.75) is 38.1 Å². The van der Waals surface area contributed by atoms with Gasteiger partial charge in [-0.05, 0) is 49.2 Å². The van der Waals surface area contributed by atoms with Crippen molar-refractivity contribution in [2.24, 2.45) is 0 Å². The van der Waals surface area contributed by atoms with Crippen LogP contribution in [0.1, 0.15) is 54.4 Å². The number of benzene rings is 3. The number of anilines is 2. The maximum Gasteiger partial charge on any atom is 0.412 e. The second kappa shape index (κ2) is 11.7. The molecule has 0 aliphatic heterocycles. The number of fused-ring (bicyclic) bond motifs is 1. The van der Waals surface area contributed by atoms with Crippen LogP contribution in [0.15, 0.2) is 79.1 Å². The molecule has 0 aliphatic carbocycles. The van der Waals surface area contributed by atoms with Crippen molar-refractivity contribution in [2.75, 3.05) is 10.6 Å². The molecule has 0 unspecified atom stereocenters. The summed E-state index contributed by atoms with van der Waals surface area (Å²) in [5.74, 6) is -0.421. The highest BCUT2D eigenvalue weighted by atomic mass is 35.5. The Morgan fingerprint density at radius 1 is 0.976 bits per heavy atom. The summed E-state index contributed by atoms with van der Waals surface area (Å²) in [6.07, 6.45) is -1.72. The third kappa shape index (κ3) is 5.99. The zero-order valence-electron chi connectivity index (χ0n) is 22.4. The van der Waals surface area contributed by atoms with Gasteiger partial charge >= 0.3 is 6.18 Å². The summed E-state index contributed by atoms with van der Waals surface area (Å²) in [7, 11) is 0. The van der Waals surface area contributed by atoms with E-state index in [1.165, 1.54) is 48.7 Å². The molecular weight excluding hydrogens is 570 g/mol. The molecule has 5 rings (SSSR count). The second-order valence-corrected chi connectivity index (χ2v) is 10.3. The summed E-state index contributed by atoms with van der Waals surface area (Å²) >= 11 is 6.49. The summed E-state index contributed by atoms with van der Waals surface area (Å²) in [5, 5.41) is 24.6. The molecule has 42 heavy (non-hydrogen) atoms. The summed E-state index contributed by atoms with van der Waals surface area (Å²) in [5.41, 5.74) is 1.60. The second-order valence-electron chi connectivity index (χ2n) is 9.88. The van der Waals surface area contributed by atoms with Crippen LogP contribution >= 0.6 is 11.6 Å². The lowest BCUT2D eigenvalue weighted by molar-refractivity contribution is -0.143. The van der Waals surface area contributed by atoms with Crippen molar-refractivity contribution < 1.29 is 17.6 Å². The minimum absolute atomic E-state index is 0.0242. The Hall–Kier alpha value is -4.69. The number of nitrogens with zero attached hydrogens (tertiary/aromatic N) is 5. The van der Waals surface area contributed by atoms with Crippen LogP contribution < -0.4 is 10.6 Å². The van der Waals surface area contributed by atoms with E-state index in [2.05, 4.69) is 25.9 Å². The molecule has 2 aromatic heterocycles. The van der Waals surface area contributed by atoms with E-state index in [1.807, 2.05) is 19.9 Å². The van der Waals surface area contributed by atoms with Gasteiger partial charge in [-0.2, -0.15) is 18.4 Å². The third-order valence-electron chi connectivity index (χ3n) is 6.66. The fourth-order valence-corrected chi connectivity index (χ4v) is 4.79. The molecule has 2 heterocycles. The molecule has 2 N–H and O–H groups in total. The van der Waals surface area contributed by atoms with Crippen molar-refractivity contribution >= 4 is 33.9 Å². The summed E-state index contributed by atoms with van der Waals surface area (Å²) in [6, 6.07) is 15.4. The van der Waals surface area contributed by atoms with E-state index >= 15 is 0 Å². The van der Waals surface area contributed by atoms with Gasteiger partial charge in [0.2, 0.25) is 0 Å². The van der Waals surface area contributed by atoms with Crippen LogP contribution in [0.25, 0.3) is 10.9 Å². The normalized spacial score (nSPS) is 13.1. The smallest absolute Gasteiger partial charge is 0.371 e. The summed E-state index contributed by atoms with van der Waals surface area (Å²) < 4.78 is 58.3. The molecule has 7 nitrogen and oxygen atoms in total. The molecule has 0 amide bonds. The van der Waals surface area contributed by atoms with Crippen molar-refractivity contribution in [1.82, 2.24) is 20.0 Å². The third-order valence-corrected chi connectivity index (χ3v) is 6.88. The Balaban J connectivity index is 1.65. The van der Waals surface area contributed by atoms with Gasteiger partial charge in [0.05, 0.1) is 34.7 Å². The highest BCUT2D eigenvalue weighted by molar-refractivity contribution is 6.32. The monoisotopic (exact) mass is 593 g/mol. The van der Waals surface area contributed by atoms with Gasteiger partial charge in [0, 0.05) is 22.6 Å². The van der Waals surface area contributed by atoms with Crippen molar-refractivity contribution in [1.29, 1.82) is 5.26 Å². The van der Waals surface area contributed by atoms with Gasteiger partial charge in [-0.3, -0.25) is 4.98 Å². The van der Waals surface area contributed by atoms with E-state index in [1.54, 1.807) is 35.1 Å². The van der Waals surface area contributed by atoms with Crippen LogP contribution in [0.4, 0.5) is 28.9 Å². The maximum atomic E-state index is 14.3. The molecule has 3 aromatic carbocycles. The Labute approximate surface area is 243 Å². The first-order chi connectivity index (χ1) is 20.0. The number of pyridine rings is 1. The zero-order chi connectivity index (χ0) is 30.0. The SMILES string of the molecule is CC(C)n1cc([C@@H](Nc2cc(Cl)cc3c(N[C@H](c4ccccc4)C(F)(F)F)c(C#N)cnc23)c2ccc(F)cc2)nn1. The first-order valence-corrected chi connectivity index (χ1v) is 13.3. The van der Waals surface area contributed by atoms with E-state index in [-0.39, 0.29) is 38.8 Å². The van der Waals surface area contributed by atoms with E-state index in [4.69, 9.17) is 11.6 Å². The van der Waals surface area contributed by atoms with Crippen LogP contribution in [-0.2, 0) is 0 Å². The minimum Gasteiger partial charge on any atom is -0.371 e. The molecule has 0 fully saturated rings. The molecule has 0 aliphatic rings. The van der Waals surface area contributed by atoms with Crippen molar-refractivity contribution in [3.05, 3.63) is 112 Å². The molecule has 214 valence electrons. The number of hydrogen-bond donors (Lipinski definition) is 2. The van der Waals surface area contributed by atoms with Gasteiger partial charge in [-0.25, -0.2) is 9.07 Å². The van der Waals surface area contributed by atoms with Crippen LogP contribution in [0.5, 0.6) is 0 Å². The maximum absolute atomic E-state index is 14.3. The fourth-order valence-electron chi connectivity index (χ4n) is 4.58. The molecule has 0 saturated carbocycles. The van der Waals surface area contributed by atoms with Gasteiger partial charge in [0.1, 0.15) is 23.6 Å². The minimum atomic E-state index is -4.68. The van der Waals surface area contributed by atoms with Crippen molar-refractivity contribution in [3.8, 4) is 6.07 Å². The fraction of sp³-hybridized carbons (Fsp3) is 0.200. The topological polar surface area (TPSA) is 91.5 Å². The lowest BCUT2D eigenvalue weighted by Crippen LogP contribution is -2.28. The Morgan fingerprint density at radius 3 is 2.31 bits per heavy atom. The van der Waals surface area contributed by atoms with Gasteiger partial charge in [0.15, 0.2) is 0 Å². The summed E-state index contributed by atoms with van der Waals surface area (Å²) in [6.45, 7) is 3.89. The number of hydrogen-bond acceptors (Lipinski definition) is 6. The first kappa shape index (κ1) is 28.8. The van der Waals surface area contributed by atoms with E-state index in [9.17, 15) is 22.8 Å². The molecule has 0 spiro atoms. The van der Waals surface area contributed by atoms with Crippen LogP contribution in [0, 0.1) is 17.1 Å². The standard InChI is InChI=1S/C30H24ClF4N7/c1-17(2)42-16-25(40-41-42)27(18-8-10-22(32)11-9-18)38-24-13-21(31)12-23-26(20(14-36)15-37-28(23)24)39-29(30(33,34)35)19-6-4-3-5-7-19/h3-13,15-17,27,29,38H,1-2H3,(H,37,39)/t27-,29+/m0/s1. The van der Waals surface area contributed by atoms with Crippen molar-refractivity contribution in [3.63, 3.8) is 0 Å². The number of nitrogens with one attached hydrogen (secondary N) is 2. The predicted octanol–water partition coefficient (Wildman–Crippen LogP) is 7.99. The zero-order valence-corrected chi connectivity index (χ0v) is 23.1. The molecule has 0 radical (unpaired) electrons. The van der Waals surface area contributed by atoms with Crippen LogP contribution in [0.2, 0.25) is 5.02 Å². The molecule has 0 bridgehead atoms. The number of alkyl halides is 3. The highest BCUT2D eigenvalue weighted by Crippen LogP contribution is 2.41. The Morgan fingerprint density at radius 2 is 1.69 bits per heavy atom. The predicted molar refractivity (Wildman–Crippen MR) is 153 cm³/mol. The van der Waals surface area contributed by atoms with Gasteiger partial charge in [-0.1, -0.05) is 59.3 Å². The van der Waals surface area contributed by atoms with E-state index in [0.29, 0.717) is 16.9 Å². The van der Waals surface area contributed by atoms with Gasteiger partial charge < -0.3 is 10.6 Å². The first-order valence-electron chi connectivity index (χ1n) is 12.9. The van der Waals surface area contributed by atoms with Gasteiger partial charge in [-0.15, -0.1) is 5.10 Å². The lowest BCUT2D eigenvalue weighted by Gasteiger charge is -2.25. The molecule has 2 atom stereocenters. The average molecular weight is 594 g/mol. The highest BCUT2D eigenvalue weighted by Gasteiger charge is 2.41. The molecule has 12 heteroatoms. The Bertz CT molecular complexity index is 1750. The number of aromatic nitrogens is 4. The molecule has 5 aromatic rings.